The van der Waals surface area contributed by atoms with Crippen molar-refractivity contribution in [3.8, 4) is 23.0 Å². The molecule has 0 saturated carbocycles. The summed E-state index contributed by atoms with van der Waals surface area (Å²) in [4.78, 5) is 0. The average Bonchev–Trinajstić information content (AvgIpc) is 2.46. The summed E-state index contributed by atoms with van der Waals surface area (Å²) in [6.07, 6.45) is 0. The molecule has 2 aromatic carbocycles. The second-order valence-corrected chi connectivity index (χ2v) is 4.93. The molecule has 0 aromatic heterocycles. The van der Waals surface area contributed by atoms with E-state index in [-0.39, 0.29) is 7.69 Å². The fourth-order valence-corrected chi connectivity index (χ4v) is 2.07. The van der Waals surface area contributed by atoms with E-state index in [1.807, 2.05) is 0 Å². The highest BCUT2D eigenvalue weighted by Crippen LogP contribution is 2.27. The fourth-order valence-electron chi connectivity index (χ4n) is 1.64. The zero-order valence-corrected chi connectivity index (χ0v) is 13.1. The second kappa shape index (κ2) is 7.34. The van der Waals surface area contributed by atoms with Gasteiger partial charge in [-0.15, -0.1) is 0 Å². The van der Waals surface area contributed by atoms with Crippen molar-refractivity contribution in [3.63, 3.8) is 0 Å². The van der Waals surface area contributed by atoms with Gasteiger partial charge in [-0.2, -0.15) is 0 Å². The summed E-state index contributed by atoms with van der Waals surface area (Å²) in [5, 5.41) is 1.04. The smallest absolute Gasteiger partial charge is 0.528 e. The van der Waals surface area contributed by atoms with Crippen LogP contribution in [0.3, 0.4) is 0 Å². The van der Waals surface area contributed by atoms with Gasteiger partial charge in [0.25, 0.3) is 0 Å². The lowest BCUT2D eigenvalue weighted by molar-refractivity contribution is 0.406. The molecule has 110 valence electrons. The first-order valence-corrected chi connectivity index (χ1v) is 6.81. The van der Waals surface area contributed by atoms with Crippen molar-refractivity contribution < 1.29 is 18.8 Å². The third kappa shape index (κ3) is 4.65. The van der Waals surface area contributed by atoms with E-state index in [1.54, 1.807) is 50.6 Å². The van der Waals surface area contributed by atoms with Crippen molar-refractivity contribution in [1.82, 2.24) is 0 Å². The van der Waals surface area contributed by atoms with Gasteiger partial charge in [0.15, 0.2) is 0 Å². The number of hydrogen-bond donors (Lipinski definition) is 0. The second-order valence-electron chi connectivity index (χ2n) is 4.06. The minimum Gasteiger partial charge on any atom is -0.528 e. The van der Waals surface area contributed by atoms with E-state index >= 15 is 0 Å². The Hall–Kier alpha value is -1.72. The van der Waals surface area contributed by atoms with Crippen LogP contribution in [0.15, 0.2) is 36.4 Å². The molecule has 0 fully saturated rings. The van der Waals surface area contributed by atoms with Gasteiger partial charge in [-0.1, -0.05) is 23.2 Å². The van der Waals surface area contributed by atoms with E-state index in [2.05, 4.69) is 0 Å². The minimum absolute atomic E-state index is 0.00694. The Morgan fingerprint density at radius 3 is 1.43 bits per heavy atom. The van der Waals surface area contributed by atoms with E-state index in [9.17, 15) is 0 Å². The van der Waals surface area contributed by atoms with Gasteiger partial charge < -0.3 is 18.8 Å². The SMILES string of the molecule is COc1cc(Cl)cc(OBOc2cc(Cl)cc(OC)c2)c1. The van der Waals surface area contributed by atoms with Crippen LogP contribution in [0.2, 0.25) is 10.0 Å². The van der Waals surface area contributed by atoms with Gasteiger partial charge in [0.1, 0.15) is 23.0 Å². The Morgan fingerprint density at radius 2 is 1.05 bits per heavy atom. The molecule has 0 atom stereocenters. The molecule has 0 aliphatic heterocycles. The molecular weight excluding hydrogens is 314 g/mol. The normalized spacial score (nSPS) is 9.90. The Bertz CT molecular complexity index is 568. The van der Waals surface area contributed by atoms with Crippen LogP contribution in [0.5, 0.6) is 23.0 Å². The predicted octanol–water partition coefficient (Wildman–Crippen LogP) is 3.73. The Labute approximate surface area is 133 Å². The summed E-state index contributed by atoms with van der Waals surface area (Å²) in [7, 11) is 3.13. The topological polar surface area (TPSA) is 36.9 Å². The number of hydrogen-bond acceptors (Lipinski definition) is 4. The number of ether oxygens (including phenoxy) is 2. The van der Waals surface area contributed by atoms with Gasteiger partial charge in [0.2, 0.25) is 0 Å². The van der Waals surface area contributed by atoms with E-state index in [0.717, 1.165) is 0 Å². The molecular formula is C14H13BCl2O4. The molecule has 7 heteroatoms. The van der Waals surface area contributed by atoms with Crippen LogP contribution in [0, 0.1) is 0 Å². The molecule has 0 unspecified atom stereocenters. The van der Waals surface area contributed by atoms with Crippen molar-refractivity contribution in [2.75, 3.05) is 14.2 Å². The van der Waals surface area contributed by atoms with Crippen LogP contribution in [-0.4, -0.2) is 21.9 Å². The summed E-state index contributed by atoms with van der Waals surface area (Å²) in [5.74, 6) is 2.32. The molecule has 0 spiro atoms. The standard InChI is InChI=1S/C14H13BCl2O4/c1-18-11-3-9(16)5-13(7-11)20-15-21-14-6-10(17)4-12(8-14)19-2/h3-8,15H,1-2H3. The van der Waals surface area contributed by atoms with Crippen LogP contribution in [0.4, 0.5) is 0 Å². The summed E-state index contributed by atoms with van der Waals surface area (Å²) in [5.41, 5.74) is 0. The lowest BCUT2D eigenvalue weighted by Crippen LogP contribution is -2.11. The van der Waals surface area contributed by atoms with Gasteiger partial charge in [0, 0.05) is 22.2 Å². The molecule has 0 aliphatic carbocycles. The molecule has 2 rings (SSSR count). The third-order valence-electron chi connectivity index (χ3n) is 2.61. The lowest BCUT2D eigenvalue weighted by atomic mass is 10.2. The molecule has 0 heterocycles. The maximum atomic E-state index is 5.95. The van der Waals surface area contributed by atoms with Gasteiger partial charge in [0.05, 0.1) is 14.2 Å². The molecule has 0 N–H and O–H groups in total. The Balaban J connectivity index is 1.98. The first-order chi connectivity index (χ1) is 10.1. The molecule has 4 nitrogen and oxygen atoms in total. The fraction of sp³-hybridized carbons (Fsp3) is 0.143. The lowest BCUT2D eigenvalue weighted by Gasteiger charge is -2.10. The average molecular weight is 327 g/mol. The maximum absolute atomic E-state index is 5.95. The van der Waals surface area contributed by atoms with E-state index < -0.39 is 0 Å². The Kier molecular flexibility index (Phi) is 5.48. The first-order valence-electron chi connectivity index (χ1n) is 6.05. The van der Waals surface area contributed by atoms with E-state index in [1.165, 1.54) is 0 Å². The molecule has 0 amide bonds. The third-order valence-corrected chi connectivity index (χ3v) is 3.05. The zero-order chi connectivity index (χ0) is 15.2. The number of methoxy groups -OCH3 is 2. The number of rotatable bonds is 6. The number of halogens is 2. The maximum Gasteiger partial charge on any atom is 0.576 e. The Morgan fingerprint density at radius 1 is 0.667 bits per heavy atom. The quantitative estimate of drug-likeness (QED) is 0.758. The molecule has 21 heavy (non-hydrogen) atoms. The van der Waals surface area contributed by atoms with Crippen molar-refractivity contribution in [1.29, 1.82) is 0 Å². The highest BCUT2D eigenvalue weighted by molar-refractivity contribution is 6.31. The van der Waals surface area contributed by atoms with E-state index in [0.29, 0.717) is 33.0 Å². The van der Waals surface area contributed by atoms with Gasteiger partial charge in [-0.3, -0.25) is 0 Å². The van der Waals surface area contributed by atoms with Crippen LogP contribution in [0.25, 0.3) is 0 Å². The monoisotopic (exact) mass is 326 g/mol. The van der Waals surface area contributed by atoms with Crippen molar-refractivity contribution >= 4 is 30.9 Å². The number of benzene rings is 2. The van der Waals surface area contributed by atoms with Gasteiger partial charge >= 0.3 is 7.69 Å². The summed E-state index contributed by atoms with van der Waals surface area (Å²) < 4.78 is 21.2. The molecule has 2 aromatic rings. The van der Waals surface area contributed by atoms with Crippen LogP contribution in [-0.2, 0) is 0 Å². The molecule has 0 bridgehead atoms. The highest BCUT2D eigenvalue weighted by atomic mass is 35.5. The molecule has 0 radical (unpaired) electrons. The van der Waals surface area contributed by atoms with Crippen molar-refractivity contribution in [2.45, 2.75) is 0 Å². The summed E-state index contributed by atoms with van der Waals surface area (Å²) in [6.45, 7) is 0. The van der Waals surface area contributed by atoms with Crippen molar-refractivity contribution in [2.24, 2.45) is 0 Å². The van der Waals surface area contributed by atoms with Crippen LogP contribution < -0.4 is 18.8 Å². The summed E-state index contributed by atoms with van der Waals surface area (Å²) in [6, 6.07) is 10.2. The van der Waals surface area contributed by atoms with Crippen LogP contribution >= 0.6 is 23.2 Å². The van der Waals surface area contributed by atoms with Gasteiger partial charge in [-0.05, 0) is 24.3 Å². The van der Waals surface area contributed by atoms with E-state index in [4.69, 9.17) is 42.0 Å². The predicted molar refractivity (Wildman–Crippen MR) is 84.4 cm³/mol. The van der Waals surface area contributed by atoms with Crippen LogP contribution in [0.1, 0.15) is 0 Å². The minimum atomic E-state index is 0.00694. The largest absolute Gasteiger partial charge is 0.576 e. The summed E-state index contributed by atoms with van der Waals surface area (Å²) >= 11 is 11.9. The molecule has 0 aliphatic rings. The zero-order valence-electron chi connectivity index (χ0n) is 11.6. The molecule has 0 saturated heterocycles. The first kappa shape index (κ1) is 15.7. The van der Waals surface area contributed by atoms with Crippen molar-refractivity contribution in [3.05, 3.63) is 46.4 Å². The highest BCUT2D eigenvalue weighted by Gasteiger charge is 2.05. The van der Waals surface area contributed by atoms with Gasteiger partial charge in [-0.25, -0.2) is 0 Å².